The van der Waals surface area contributed by atoms with Crippen LogP contribution in [0, 0.1) is 13.8 Å². The van der Waals surface area contributed by atoms with Gasteiger partial charge in [0.1, 0.15) is 5.76 Å². The number of benzene rings is 1. The highest BCUT2D eigenvalue weighted by molar-refractivity contribution is 5.76. The molecule has 0 atom stereocenters. The molecule has 124 valence electrons. The van der Waals surface area contributed by atoms with Crippen molar-refractivity contribution in [2.45, 2.75) is 33.2 Å². The summed E-state index contributed by atoms with van der Waals surface area (Å²) in [7, 11) is 0. The summed E-state index contributed by atoms with van der Waals surface area (Å²) in [6.45, 7) is 4.19. The highest BCUT2D eigenvalue weighted by Crippen LogP contribution is 2.16. The lowest BCUT2D eigenvalue weighted by Crippen LogP contribution is -2.23. The molecule has 0 aliphatic carbocycles. The van der Waals surface area contributed by atoms with E-state index in [1.807, 2.05) is 38.1 Å². The molecule has 0 fully saturated rings. The molecule has 8 nitrogen and oxygen atoms in total. The number of nitrogens with zero attached hydrogens (tertiary/aromatic N) is 4. The third kappa shape index (κ3) is 3.65. The van der Waals surface area contributed by atoms with Gasteiger partial charge in [0.05, 0.1) is 5.69 Å². The molecule has 0 aliphatic heterocycles. The van der Waals surface area contributed by atoms with Gasteiger partial charge in [-0.05, 0) is 37.1 Å². The van der Waals surface area contributed by atoms with Crippen molar-refractivity contribution in [2.75, 3.05) is 0 Å². The summed E-state index contributed by atoms with van der Waals surface area (Å²) >= 11 is 0. The zero-order valence-electron chi connectivity index (χ0n) is 13.5. The van der Waals surface area contributed by atoms with Crippen molar-refractivity contribution in [1.29, 1.82) is 0 Å². The number of aryl methyl sites for hydroxylation is 2. The number of nitrogens with one attached hydrogen (secondary N) is 2. The van der Waals surface area contributed by atoms with Gasteiger partial charge in [0, 0.05) is 24.1 Å². The molecule has 3 rings (SSSR count). The maximum absolute atomic E-state index is 12.0. The van der Waals surface area contributed by atoms with E-state index in [4.69, 9.17) is 4.52 Å². The second kappa shape index (κ2) is 7.03. The number of tetrazole rings is 1. The van der Waals surface area contributed by atoms with Crippen LogP contribution >= 0.6 is 0 Å². The molecule has 0 radical (unpaired) electrons. The highest BCUT2D eigenvalue weighted by Gasteiger charge is 2.11. The Kier molecular flexibility index (Phi) is 4.64. The van der Waals surface area contributed by atoms with Crippen molar-refractivity contribution in [3.8, 4) is 11.4 Å². The molecule has 0 aliphatic rings. The van der Waals surface area contributed by atoms with Crippen LogP contribution < -0.4 is 5.32 Å². The summed E-state index contributed by atoms with van der Waals surface area (Å²) in [5.41, 5.74) is 3.67. The van der Waals surface area contributed by atoms with E-state index < -0.39 is 0 Å². The summed E-state index contributed by atoms with van der Waals surface area (Å²) in [6.07, 6.45) is 1.02. The Morgan fingerprint density at radius 2 is 2.21 bits per heavy atom. The summed E-state index contributed by atoms with van der Waals surface area (Å²) in [6, 6.07) is 7.67. The first-order chi connectivity index (χ1) is 11.6. The Morgan fingerprint density at radius 3 is 2.92 bits per heavy atom. The second-order valence-corrected chi connectivity index (χ2v) is 5.52. The fraction of sp³-hybridized carbons (Fsp3) is 0.312. The molecular weight excluding hydrogens is 308 g/mol. The van der Waals surface area contributed by atoms with Crippen molar-refractivity contribution in [3.63, 3.8) is 0 Å². The monoisotopic (exact) mass is 326 g/mol. The van der Waals surface area contributed by atoms with E-state index in [0.717, 1.165) is 28.1 Å². The largest absolute Gasteiger partial charge is 0.361 e. The molecule has 1 amide bonds. The third-order valence-corrected chi connectivity index (χ3v) is 3.80. The molecule has 0 saturated carbocycles. The molecule has 0 unspecified atom stereocenters. The number of hydrogen-bond acceptors (Lipinski definition) is 6. The molecule has 2 N–H and O–H groups in total. The van der Waals surface area contributed by atoms with Crippen LogP contribution in [0.5, 0.6) is 0 Å². The lowest BCUT2D eigenvalue weighted by molar-refractivity contribution is -0.121. The van der Waals surface area contributed by atoms with E-state index in [-0.39, 0.29) is 5.91 Å². The van der Waals surface area contributed by atoms with Crippen molar-refractivity contribution >= 4 is 5.91 Å². The summed E-state index contributed by atoms with van der Waals surface area (Å²) in [5.74, 6) is 1.29. The smallest absolute Gasteiger partial charge is 0.220 e. The summed E-state index contributed by atoms with van der Waals surface area (Å²) in [4.78, 5) is 12.0. The average Bonchev–Trinajstić information content (AvgIpc) is 3.22. The SMILES string of the molecule is Cc1noc(C)c1CCC(=O)NCc1cccc(-c2nn[nH]n2)c1. The molecule has 24 heavy (non-hydrogen) atoms. The first kappa shape index (κ1) is 15.9. The van der Waals surface area contributed by atoms with Crippen molar-refractivity contribution in [2.24, 2.45) is 0 Å². The topological polar surface area (TPSA) is 110 Å². The zero-order valence-corrected chi connectivity index (χ0v) is 13.5. The van der Waals surface area contributed by atoms with E-state index in [9.17, 15) is 4.79 Å². The van der Waals surface area contributed by atoms with Crippen LogP contribution in [-0.4, -0.2) is 31.7 Å². The Bertz CT molecular complexity index is 805. The Labute approximate surface area is 138 Å². The second-order valence-electron chi connectivity index (χ2n) is 5.52. The van der Waals surface area contributed by atoms with Crippen molar-refractivity contribution in [1.82, 2.24) is 31.1 Å². The van der Waals surface area contributed by atoms with E-state index in [2.05, 4.69) is 31.1 Å². The van der Waals surface area contributed by atoms with Gasteiger partial charge in [-0.3, -0.25) is 4.79 Å². The van der Waals surface area contributed by atoms with Gasteiger partial charge in [0.25, 0.3) is 0 Å². The van der Waals surface area contributed by atoms with E-state index in [1.165, 1.54) is 0 Å². The molecular formula is C16H18N6O2. The van der Waals surface area contributed by atoms with E-state index in [0.29, 0.717) is 25.2 Å². The minimum atomic E-state index is -0.0139. The fourth-order valence-electron chi connectivity index (χ4n) is 2.49. The zero-order chi connectivity index (χ0) is 16.9. The number of rotatable bonds is 6. The summed E-state index contributed by atoms with van der Waals surface area (Å²) in [5, 5.41) is 20.7. The molecule has 0 bridgehead atoms. The number of hydrogen-bond donors (Lipinski definition) is 2. The average molecular weight is 326 g/mol. The molecule has 2 aromatic heterocycles. The van der Waals surface area contributed by atoms with Crippen molar-refractivity contribution in [3.05, 3.63) is 46.8 Å². The minimum Gasteiger partial charge on any atom is -0.361 e. The standard InChI is InChI=1S/C16H18N6O2/c1-10-14(11(2)24-20-10)6-7-15(23)17-9-12-4-3-5-13(8-12)16-18-21-22-19-16/h3-5,8H,6-7,9H2,1-2H3,(H,17,23)(H,18,19,21,22). The van der Waals surface area contributed by atoms with Crippen LogP contribution in [-0.2, 0) is 17.8 Å². The van der Waals surface area contributed by atoms with Gasteiger partial charge < -0.3 is 9.84 Å². The molecule has 2 heterocycles. The lowest BCUT2D eigenvalue weighted by atomic mass is 10.1. The Balaban J connectivity index is 1.54. The van der Waals surface area contributed by atoms with Crippen LogP contribution in [0.4, 0.5) is 0 Å². The third-order valence-electron chi connectivity index (χ3n) is 3.80. The van der Waals surface area contributed by atoms with Gasteiger partial charge >= 0.3 is 0 Å². The first-order valence-corrected chi connectivity index (χ1v) is 7.64. The number of carbonyl (C=O) groups excluding carboxylic acids is 1. The van der Waals surface area contributed by atoms with Crippen LogP contribution in [0.2, 0.25) is 0 Å². The normalized spacial score (nSPS) is 10.8. The molecule has 8 heteroatoms. The Hall–Kier alpha value is -3.03. The lowest BCUT2D eigenvalue weighted by Gasteiger charge is -2.06. The van der Waals surface area contributed by atoms with Gasteiger partial charge in [0.2, 0.25) is 11.7 Å². The van der Waals surface area contributed by atoms with Crippen LogP contribution in [0.3, 0.4) is 0 Å². The molecule has 0 spiro atoms. The quantitative estimate of drug-likeness (QED) is 0.714. The van der Waals surface area contributed by atoms with Gasteiger partial charge in [0.15, 0.2) is 0 Å². The molecule has 3 aromatic rings. The Morgan fingerprint density at radius 1 is 1.33 bits per heavy atom. The van der Waals surface area contributed by atoms with Gasteiger partial charge in [-0.2, -0.15) is 5.21 Å². The predicted octanol–water partition coefficient (Wildman–Crippen LogP) is 1.72. The first-order valence-electron chi connectivity index (χ1n) is 7.64. The number of H-pyrrole nitrogens is 1. The highest BCUT2D eigenvalue weighted by atomic mass is 16.5. The maximum Gasteiger partial charge on any atom is 0.220 e. The molecule has 0 saturated heterocycles. The van der Waals surface area contributed by atoms with Crippen LogP contribution in [0.15, 0.2) is 28.8 Å². The van der Waals surface area contributed by atoms with Gasteiger partial charge in [-0.15, -0.1) is 10.2 Å². The van der Waals surface area contributed by atoms with E-state index in [1.54, 1.807) is 0 Å². The fourth-order valence-corrected chi connectivity index (χ4v) is 2.49. The van der Waals surface area contributed by atoms with Crippen LogP contribution in [0.25, 0.3) is 11.4 Å². The molecule has 1 aromatic carbocycles. The number of amides is 1. The number of carbonyl (C=O) groups is 1. The summed E-state index contributed by atoms with van der Waals surface area (Å²) < 4.78 is 5.10. The number of aromatic nitrogens is 5. The maximum atomic E-state index is 12.0. The number of aromatic amines is 1. The predicted molar refractivity (Wildman–Crippen MR) is 85.8 cm³/mol. The van der Waals surface area contributed by atoms with Crippen LogP contribution in [0.1, 0.15) is 29.0 Å². The van der Waals surface area contributed by atoms with E-state index >= 15 is 0 Å². The van der Waals surface area contributed by atoms with Gasteiger partial charge in [-0.1, -0.05) is 23.4 Å². The van der Waals surface area contributed by atoms with Gasteiger partial charge in [-0.25, -0.2) is 0 Å². The van der Waals surface area contributed by atoms with Crippen molar-refractivity contribution < 1.29 is 9.32 Å². The minimum absolute atomic E-state index is 0.0139.